The Kier molecular flexibility index (Phi) is 3.78. The minimum atomic E-state index is -0.332. The van der Waals surface area contributed by atoms with Gasteiger partial charge in [-0.05, 0) is 35.9 Å². The second kappa shape index (κ2) is 5.89. The van der Waals surface area contributed by atoms with Crippen LogP contribution in [0.2, 0.25) is 0 Å². The molecule has 2 N–H and O–H groups in total. The van der Waals surface area contributed by atoms with E-state index in [-0.39, 0.29) is 18.1 Å². The van der Waals surface area contributed by atoms with E-state index in [4.69, 9.17) is 4.74 Å². The number of benzene rings is 2. The number of para-hydroxylation sites is 1. The van der Waals surface area contributed by atoms with E-state index in [1.807, 2.05) is 18.2 Å². The Bertz CT molecular complexity index is 809. The highest BCUT2D eigenvalue weighted by Gasteiger charge is 2.11. The molecule has 3 aromatic rings. The molecule has 0 saturated carbocycles. The minimum Gasteiger partial charge on any atom is -0.495 e. The number of hydrogen-bond acceptors (Lipinski definition) is 2. The third kappa shape index (κ3) is 2.79. The molecule has 0 aliphatic rings. The zero-order valence-electron chi connectivity index (χ0n) is 12.0. The van der Waals surface area contributed by atoms with E-state index in [1.165, 1.54) is 24.3 Å². The number of ether oxygens (including phenoxy) is 1. The highest BCUT2D eigenvalue weighted by Crippen LogP contribution is 2.27. The highest BCUT2D eigenvalue weighted by molar-refractivity contribution is 5.96. The summed E-state index contributed by atoms with van der Waals surface area (Å²) in [6.07, 6.45) is 2.03. The van der Waals surface area contributed by atoms with Crippen molar-refractivity contribution in [2.45, 2.75) is 6.42 Å². The predicted octanol–water partition coefficient (Wildman–Crippen LogP) is 3.50. The Morgan fingerprint density at radius 1 is 1.23 bits per heavy atom. The van der Waals surface area contributed by atoms with E-state index < -0.39 is 0 Å². The fourth-order valence-electron chi connectivity index (χ4n) is 2.41. The summed E-state index contributed by atoms with van der Waals surface area (Å²) in [7, 11) is 1.61. The number of H-pyrrole nitrogens is 1. The molecule has 22 heavy (non-hydrogen) atoms. The number of halogens is 1. The van der Waals surface area contributed by atoms with Crippen LogP contribution in [0.15, 0.2) is 48.7 Å². The van der Waals surface area contributed by atoms with Crippen LogP contribution in [-0.2, 0) is 11.2 Å². The number of rotatable bonds is 4. The van der Waals surface area contributed by atoms with Crippen molar-refractivity contribution in [1.82, 2.24) is 4.98 Å². The van der Waals surface area contributed by atoms with Gasteiger partial charge in [-0.25, -0.2) is 4.39 Å². The quantitative estimate of drug-likeness (QED) is 0.774. The largest absolute Gasteiger partial charge is 0.495 e. The van der Waals surface area contributed by atoms with Crippen molar-refractivity contribution in [2.75, 3.05) is 12.4 Å². The van der Waals surface area contributed by atoms with Gasteiger partial charge in [0.05, 0.1) is 19.0 Å². The average Bonchev–Trinajstić information content (AvgIpc) is 2.92. The third-order valence-corrected chi connectivity index (χ3v) is 3.46. The normalized spacial score (nSPS) is 10.6. The summed E-state index contributed by atoms with van der Waals surface area (Å²) in [5.74, 6) is 0.250. The number of methoxy groups -OCH3 is 1. The van der Waals surface area contributed by atoms with Gasteiger partial charge in [0.2, 0.25) is 5.91 Å². The van der Waals surface area contributed by atoms with Gasteiger partial charge in [-0.1, -0.05) is 12.1 Å². The standard InChI is InChI=1S/C17H15FN2O2/c1-22-15-4-2-3-14-11(10-19-17(14)15)9-16(21)20-13-7-5-12(18)6-8-13/h2-8,10,19H,9H2,1H3,(H,20,21). The fraction of sp³-hybridized carbons (Fsp3) is 0.118. The van der Waals surface area contributed by atoms with Crippen molar-refractivity contribution in [1.29, 1.82) is 0 Å². The Morgan fingerprint density at radius 3 is 2.73 bits per heavy atom. The second-order valence-corrected chi connectivity index (χ2v) is 4.93. The zero-order valence-corrected chi connectivity index (χ0v) is 12.0. The van der Waals surface area contributed by atoms with Crippen LogP contribution in [0, 0.1) is 5.82 Å². The molecule has 0 saturated heterocycles. The Labute approximate surface area is 126 Å². The van der Waals surface area contributed by atoms with Gasteiger partial charge in [0, 0.05) is 17.3 Å². The van der Waals surface area contributed by atoms with E-state index >= 15 is 0 Å². The first kappa shape index (κ1) is 14.1. The van der Waals surface area contributed by atoms with Crippen LogP contribution in [0.4, 0.5) is 10.1 Å². The van der Waals surface area contributed by atoms with E-state index in [9.17, 15) is 9.18 Å². The number of amides is 1. The minimum absolute atomic E-state index is 0.157. The number of hydrogen-bond donors (Lipinski definition) is 2. The maximum atomic E-state index is 12.8. The summed E-state index contributed by atoms with van der Waals surface area (Å²) in [4.78, 5) is 15.2. The van der Waals surface area contributed by atoms with Gasteiger partial charge < -0.3 is 15.0 Å². The molecule has 1 heterocycles. The maximum Gasteiger partial charge on any atom is 0.228 e. The van der Waals surface area contributed by atoms with Crippen LogP contribution >= 0.6 is 0 Å². The first-order valence-electron chi connectivity index (χ1n) is 6.86. The molecule has 0 radical (unpaired) electrons. The smallest absolute Gasteiger partial charge is 0.228 e. The Hall–Kier alpha value is -2.82. The van der Waals surface area contributed by atoms with Crippen molar-refractivity contribution in [3.63, 3.8) is 0 Å². The summed E-state index contributed by atoms with van der Waals surface area (Å²) in [5, 5.41) is 3.70. The van der Waals surface area contributed by atoms with Crippen LogP contribution in [0.5, 0.6) is 5.75 Å². The Balaban J connectivity index is 1.78. The molecule has 0 spiro atoms. The van der Waals surface area contributed by atoms with Crippen molar-refractivity contribution in [3.8, 4) is 5.75 Å². The van der Waals surface area contributed by atoms with Gasteiger partial charge in [0.25, 0.3) is 0 Å². The van der Waals surface area contributed by atoms with E-state index in [0.29, 0.717) is 5.69 Å². The number of nitrogens with one attached hydrogen (secondary N) is 2. The molecule has 2 aromatic carbocycles. The van der Waals surface area contributed by atoms with Crippen LogP contribution in [0.1, 0.15) is 5.56 Å². The van der Waals surface area contributed by atoms with E-state index in [1.54, 1.807) is 13.3 Å². The molecular weight excluding hydrogens is 283 g/mol. The van der Waals surface area contributed by atoms with Gasteiger partial charge in [-0.2, -0.15) is 0 Å². The van der Waals surface area contributed by atoms with Gasteiger partial charge in [-0.15, -0.1) is 0 Å². The number of aromatic amines is 1. The number of fused-ring (bicyclic) bond motifs is 1. The monoisotopic (exact) mass is 298 g/mol. The van der Waals surface area contributed by atoms with Crippen LogP contribution < -0.4 is 10.1 Å². The summed E-state index contributed by atoms with van der Waals surface area (Å²) >= 11 is 0. The molecule has 3 rings (SSSR count). The molecule has 1 aromatic heterocycles. The predicted molar refractivity (Wildman–Crippen MR) is 83.6 cm³/mol. The third-order valence-electron chi connectivity index (χ3n) is 3.46. The van der Waals surface area contributed by atoms with Crippen LogP contribution in [0.25, 0.3) is 10.9 Å². The molecule has 0 aliphatic carbocycles. The van der Waals surface area contributed by atoms with Crippen molar-refractivity contribution in [2.24, 2.45) is 0 Å². The lowest BCUT2D eigenvalue weighted by Gasteiger charge is -2.05. The molecule has 0 bridgehead atoms. The topological polar surface area (TPSA) is 54.1 Å². The maximum absolute atomic E-state index is 12.8. The first-order chi connectivity index (χ1) is 10.7. The number of aromatic nitrogens is 1. The highest BCUT2D eigenvalue weighted by atomic mass is 19.1. The van der Waals surface area contributed by atoms with Gasteiger partial charge in [-0.3, -0.25) is 4.79 Å². The van der Waals surface area contributed by atoms with Gasteiger partial charge >= 0.3 is 0 Å². The summed E-state index contributed by atoms with van der Waals surface area (Å²) in [6, 6.07) is 11.4. The lowest BCUT2D eigenvalue weighted by molar-refractivity contribution is -0.115. The second-order valence-electron chi connectivity index (χ2n) is 4.93. The molecule has 0 fully saturated rings. The molecule has 0 atom stereocenters. The molecule has 4 nitrogen and oxygen atoms in total. The van der Waals surface area contributed by atoms with Crippen molar-refractivity contribution in [3.05, 3.63) is 60.0 Å². The molecule has 0 unspecified atom stereocenters. The Morgan fingerprint density at radius 2 is 2.00 bits per heavy atom. The van der Waals surface area contributed by atoms with Crippen LogP contribution in [-0.4, -0.2) is 18.0 Å². The lowest BCUT2D eigenvalue weighted by Crippen LogP contribution is -2.14. The fourth-order valence-corrected chi connectivity index (χ4v) is 2.41. The summed E-state index contributed by atoms with van der Waals surface area (Å²) in [5.41, 5.74) is 2.33. The number of carbonyl (C=O) groups excluding carboxylic acids is 1. The van der Waals surface area contributed by atoms with Crippen molar-refractivity contribution >= 4 is 22.5 Å². The van der Waals surface area contributed by atoms with Gasteiger partial charge in [0.15, 0.2) is 0 Å². The average molecular weight is 298 g/mol. The van der Waals surface area contributed by atoms with Crippen molar-refractivity contribution < 1.29 is 13.9 Å². The van der Waals surface area contributed by atoms with E-state index in [2.05, 4.69) is 10.3 Å². The SMILES string of the molecule is COc1cccc2c(CC(=O)Nc3ccc(F)cc3)c[nH]c12. The van der Waals surface area contributed by atoms with E-state index in [0.717, 1.165) is 22.2 Å². The molecule has 5 heteroatoms. The number of carbonyl (C=O) groups is 1. The molecule has 0 aliphatic heterocycles. The summed E-state index contributed by atoms with van der Waals surface area (Å²) < 4.78 is 18.1. The first-order valence-corrected chi connectivity index (χ1v) is 6.86. The number of anilines is 1. The van der Waals surface area contributed by atoms with Gasteiger partial charge in [0.1, 0.15) is 11.6 Å². The molecule has 1 amide bonds. The zero-order chi connectivity index (χ0) is 15.5. The van der Waals surface area contributed by atoms with Crippen LogP contribution in [0.3, 0.4) is 0 Å². The molecular formula is C17H15FN2O2. The molecule has 112 valence electrons. The summed E-state index contributed by atoms with van der Waals surface area (Å²) in [6.45, 7) is 0. The lowest BCUT2D eigenvalue weighted by atomic mass is 10.1.